The second-order valence-electron chi connectivity index (χ2n) is 1.27. The van der Waals surface area contributed by atoms with Crippen LogP contribution >= 0.6 is 11.6 Å². The van der Waals surface area contributed by atoms with Gasteiger partial charge in [-0.2, -0.15) is 5.26 Å². The summed E-state index contributed by atoms with van der Waals surface area (Å²) < 4.78 is 19.0. The van der Waals surface area contributed by atoms with Crippen LogP contribution in [0.25, 0.3) is 0 Å². The van der Waals surface area contributed by atoms with Crippen molar-refractivity contribution in [2.24, 2.45) is 0 Å². The Morgan fingerprint density at radius 1 is 1.75 bits per heavy atom. The molecule has 0 heterocycles. The summed E-state index contributed by atoms with van der Waals surface area (Å²) in [5.41, 5.74) is 0. The third-order valence-electron chi connectivity index (χ3n) is 0.477. The zero-order valence-electron chi connectivity index (χ0n) is 4.13. The maximum absolute atomic E-state index is 10.2. The second kappa shape index (κ2) is 2.33. The summed E-state index contributed by atoms with van der Waals surface area (Å²) in [4.78, 5) is 0. The summed E-state index contributed by atoms with van der Waals surface area (Å²) in [7, 11) is -3.35. The summed E-state index contributed by atoms with van der Waals surface area (Å²) in [6.07, 6.45) is 0.911. The zero-order chi connectivity index (χ0) is 6.78. The average molecular weight is 154 g/mol. The van der Waals surface area contributed by atoms with Gasteiger partial charge in [0, 0.05) is 6.26 Å². The zero-order valence-corrected chi connectivity index (χ0v) is 5.70. The van der Waals surface area contributed by atoms with E-state index in [1.54, 1.807) is 0 Å². The lowest BCUT2D eigenvalue weighted by Crippen LogP contribution is -2.09. The van der Waals surface area contributed by atoms with Crippen LogP contribution in [0.3, 0.4) is 0 Å². The minimum Gasteiger partial charge on any atom is -0.226 e. The molecule has 0 aliphatic carbocycles. The van der Waals surface area contributed by atoms with Crippen LogP contribution in [0.4, 0.5) is 0 Å². The first-order valence-electron chi connectivity index (χ1n) is 1.71. The molecule has 1 atom stereocenters. The number of hydrogen-bond donors (Lipinski definition) is 0. The van der Waals surface area contributed by atoms with Crippen molar-refractivity contribution in [1.29, 1.82) is 5.26 Å². The van der Waals surface area contributed by atoms with Gasteiger partial charge in [-0.3, -0.25) is 0 Å². The van der Waals surface area contributed by atoms with Crippen LogP contribution in [0.1, 0.15) is 0 Å². The number of sulfone groups is 1. The molecule has 0 saturated carbocycles. The van der Waals surface area contributed by atoms with E-state index in [4.69, 9.17) is 16.9 Å². The first-order valence-corrected chi connectivity index (χ1v) is 4.10. The molecule has 0 radical (unpaired) electrons. The lowest BCUT2D eigenvalue weighted by molar-refractivity contribution is 0.603. The van der Waals surface area contributed by atoms with E-state index in [9.17, 15) is 8.42 Å². The van der Waals surface area contributed by atoms with Gasteiger partial charge in [-0.15, -0.1) is 0 Å². The van der Waals surface area contributed by atoms with Gasteiger partial charge < -0.3 is 0 Å². The highest BCUT2D eigenvalue weighted by Gasteiger charge is 2.14. The molecule has 0 saturated heterocycles. The van der Waals surface area contributed by atoms with Gasteiger partial charge in [0.15, 0.2) is 9.84 Å². The van der Waals surface area contributed by atoms with Gasteiger partial charge in [-0.1, -0.05) is 11.6 Å². The highest BCUT2D eigenvalue weighted by atomic mass is 35.5. The second-order valence-corrected chi connectivity index (χ2v) is 4.10. The Morgan fingerprint density at radius 3 is 2.12 bits per heavy atom. The normalized spacial score (nSPS) is 14.6. The third kappa shape index (κ3) is 2.15. The maximum atomic E-state index is 10.2. The predicted molar refractivity (Wildman–Crippen MR) is 30.1 cm³/mol. The van der Waals surface area contributed by atoms with E-state index >= 15 is 0 Å². The molecule has 0 aromatic rings. The fourth-order valence-corrected chi connectivity index (χ4v) is 0.287. The third-order valence-corrected chi connectivity index (χ3v) is 2.40. The molecule has 0 unspecified atom stereocenters. The van der Waals surface area contributed by atoms with Crippen LogP contribution in [0.15, 0.2) is 0 Å². The molecular formula is C3H4ClNO2S. The minimum absolute atomic E-state index is 0.911. The van der Waals surface area contributed by atoms with Gasteiger partial charge in [0.2, 0.25) is 4.71 Å². The molecule has 3 nitrogen and oxygen atoms in total. The van der Waals surface area contributed by atoms with Crippen LogP contribution in [0.2, 0.25) is 0 Å². The van der Waals surface area contributed by atoms with Crippen LogP contribution in [0, 0.1) is 11.3 Å². The van der Waals surface area contributed by atoms with E-state index < -0.39 is 14.5 Å². The molecule has 0 aliphatic rings. The average Bonchev–Trinajstić information content (AvgIpc) is 1.62. The molecule has 8 heavy (non-hydrogen) atoms. The number of rotatable bonds is 1. The molecule has 0 aromatic carbocycles. The smallest absolute Gasteiger partial charge is 0.220 e. The number of alkyl halides is 1. The number of halogens is 1. The van der Waals surface area contributed by atoms with E-state index in [1.165, 1.54) is 6.07 Å². The fourth-order valence-electron chi connectivity index (χ4n) is 0.0957. The van der Waals surface area contributed by atoms with E-state index in [1.807, 2.05) is 0 Å². The van der Waals surface area contributed by atoms with Crippen molar-refractivity contribution in [1.82, 2.24) is 0 Å². The Labute approximate surface area is 52.8 Å². The van der Waals surface area contributed by atoms with Gasteiger partial charge in [-0.05, 0) is 0 Å². The Morgan fingerprint density at radius 2 is 2.12 bits per heavy atom. The van der Waals surface area contributed by atoms with Crippen molar-refractivity contribution in [3.63, 3.8) is 0 Å². The van der Waals surface area contributed by atoms with E-state index in [-0.39, 0.29) is 0 Å². The fraction of sp³-hybridized carbons (Fsp3) is 0.667. The molecule has 46 valence electrons. The Bertz CT molecular complexity index is 202. The highest BCUT2D eigenvalue weighted by Crippen LogP contribution is 2.00. The minimum atomic E-state index is -3.35. The van der Waals surface area contributed by atoms with Crippen molar-refractivity contribution < 1.29 is 8.42 Å². The Hall–Kier alpha value is -0.270. The molecule has 0 fully saturated rings. The Kier molecular flexibility index (Phi) is 2.26. The molecule has 0 amide bonds. The SMILES string of the molecule is CS(=O)(=O)[C@@H](Cl)C#N. The molecule has 0 aliphatic heterocycles. The van der Waals surface area contributed by atoms with Gasteiger partial charge in [0.1, 0.15) is 0 Å². The van der Waals surface area contributed by atoms with E-state index in [0.29, 0.717) is 0 Å². The van der Waals surface area contributed by atoms with Crippen molar-refractivity contribution >= 4 is 21.4 Å². The van der Waals surface area contributed by atoms with Crippen LogP contribution in [-0.4, -0.2) is 19.4 Å². The van der Waals surface area contributed by atoms with Crippen LogP contribution in [0.5, 0.6) is 0 Å². The van der Waals surface area contributed by atoms with E-state index in [0.717, 1.165) is 6.26 Å². The lowest BCUT2D eigenvalue weighted by atomic mass is 10.9. The van der Waals surface area contributed by atoms with E-state index in [2.05, 4.69) is 0 Å². The highest BCUT2D eigenvalue weighted by molar-refractivity contribution is 7.92. The maximum Gasteiger partial charge on any atom is 0.220 e. The summed E-state index contributed by atoms with van der Waals surface area (Å²) >= 11 is 4.99. The molecule has 0 bridgehead atoms. The number of nitriles is 1. The molecule has 0 spiro atoms. The first-order chi connectivity index (χ1) is 3.48. The lowest BCUT2D eigenvalue weighted by Gasteiger charge is -1.91. The van der Waals surface area contributed by atoms with Gasteiger partial charge in [0.25, 0.3) is 0 Å². The summed E-state index contributed by atoms with van der Waals surface area (Å²) in [6.45, 7) is 0. The van der Waals surface area contributed by atoms with Crippen LogP contribution in [-0.2, 0) is 9.84 Å². The molecule has 0 rings (SSSR count). The molecule has 0 aromatic heterocycles. The summed E-state index contributed by atoms with van der Waals surface area (Å²) in [5, 5.41) is 7.91. The topological polar surface area (TPSA) is 57.9 Å². The Balaban J connectivity index is 4.34. The largest absolute Gasteiger partial charge is 0.226 e. The van der Waals surface area contributed by atoms with Crippen molar-refractivity contribution in [3.05, 3.63) is 0 Å². The van der Waals surface area contributed by atoms with Crippen molar-refractivity contribution in [2.75, 3.05) is 6.26 Å². The predicted octanol–water partition coefficient (Wildman–Crippen LogP) is 0.119. The first kappa shape index (κ1) is 7.73. The van der Waals surface area contributed by atoms with Crippen molar-refractivity contribution in [2.45, 2.75) is 4.71 Å². The quantitative estimate of drug-likeness (QED) is 0.503. The standard InChI is InChI=1S/C3H4ClNO2S/c1-8(6,7)3(4)2-5/h3H,1H3/t3-/m1/s1. The van der Waals surface area contributed by atoms with Gasteiger partial charge in [0.05, 0.1) is 6.07 Å². The number of nitrogens with zero attached hydrogens (tertiary/aromatic N) is 1. The van der Waals surface area contributed by atoms with Gasteiger partial charge in [-0.25, -0.2) is 8.42 Å². The molecular weight excluding hydrogens is 150 g/mol. The molecule has 0 N–H and O–H groups in total. The summed E-state index contributed by atoms with van der Waals surface area (Å²) in [5.74, 6) is 0. The van der Waals surface area contributed by atoms with Crippen LogP contribution < -0.4 is 0 Å². The molecule has 5 heteroatoms. The summed E-state index contributed by atoms with van der Waals surface area (Å²) in [6, 6.07) is 1.38. The monoisotopic (exact) mass is 153 g/mol. The van der Waals surface area contributed by atoms with Crippen molar-refractivity contribution in [3.8, 4) is 6.07 Å². The number of hydrogen-bond acceptors (Lipinski definition) is 3. The van der Waals surface area contributed by atoms with Gasteiger partial charge >= 0.3 is 0 Å².